The van der Waals surface area contributed by atoms with E-state index in [0.29, 0.717) is 17.0 Å². The van der Waals surface area contributed by atoms with Gasteiger partial charge in [0.15, 0.2) is 0 Å². The van der Waals surface area contributed by atoms with Crippen LogP contribution in [-0.4, -0.2) is 25.1 Å². The maximum absolute atomic E-state index is 12.0. The van der Waals surface area contributed by atoms with Crippen LogP contribution in [0.3, 0.4) is 0 Å². The third kappa shape index (κ3) is 4.96. The maximum Gasteiger partial charge on any atom is 0.271 e. The predicted molar refractivity (Wildman–Crippen MR) is 88.8 cm³/mol. The van der Waals surface area contributed by atoms with Crippen molar-refractivity contribution in [3.63, 3.8) is 0 Å². The number of anilines is 1. The van der Waals surface area contributed by atoms with Gasteiger partial charge in [0.2, 0.25) is 5.91 Å². The number of amides is 2. The Balaban J connectivity index is 2.01. The maximum atomic E-state index is 12.0. The summed E-state index contributed by atoms with van der Waals surface area (Å²) in [5.74, 6) is 0.151. The van der Waals surface area contributed by atoms with Crippen molar-refractivity contribution in [3.8, 4) is 5.75 Å². The van der Waals surface area contributed by atoms with Gasteiger partial charge in [-0.3, -0.25) is 9.59 Å². The van der Waals surface area contributed by atoms with E-state index >= 15 is 0 Å². The quantitative estimate of drug-likeness (QED) is 0.657. The molecule has 0 radical (unpaired) electrons. The molecule has 0 aliphatic rings. The second-order valence-corrected chi connectivity index (χ2v) is 4.74. The molecule has 0 spiro atoms. The highest BCUT2D eigenvalue weighted by atomic mass is 16.5. The molecule has 2 aromatic rings. The Morgan fingerprint density at radius 1 is 1.13 bits per heavy atom. The number of carbonyl (C=O) groups is 2. The number of nitrogens with zero attached hydrogens (tertiary/aromatic N) is 1. The van der Waals surface area contributed by atoms with E-state index in [-0.39, 0.29) is 11.8 Å². The number of carbonyl (C=O) groups excluding carboxylic acids is 2. The molecule has 0 aliphatic carbocycles. The van der Waals surface area contributed by atoms with Crippen molar-refractivity contribution in [2.24, 2.45) is 5.10 Å². The number of hydrogen-bond donors (Lipinski definition) is 2. The van der Waals surface area contributed by atoms with Gasteiger partial charge in [0, 0.05) is 18.2 Å². The van der Waals surface area contributed by atoms with Gasteiger partial charge in [-0.15, -0.1) is 0 Å². The van der Waals surface area contributed by atoms with E-state index in [1.165, 1.54) is 13.1 Å². The summed E-state index contributed by atoms with van der Waals surface area (Å²) >= 11 is 0. The largest absolute Gasteiger partial charge is 0.497 e. The fraction of sp³-hybridized carbons (Fsp3) is 0.118. The molecule has 0 fully saturated rings. The molecule has 6 nitrogen and oxygen atoms in total. The zero-order valence-electron chi connectivity index (χ0n) is 12.9. The molecule has 0 aromatic heterocycles. The van der Waals surface area contributed by atoms with E-state index in [2.05, 4.69) is 15.8 Å². The summed E-state index contributed by atoms with van der Waals surface area (Å²) in [7, 11) is 1.58. The van der Waals surface area contributed by atoms with Gasteiger partial charge >= 0.3 is 0 Å². The molecule has 0 saturated heterocycles. The van der Waals surface area contributed by atoms with Crippen LogP contribution >= 0.6 is 0 Å². The minimum absolute atomic E-state index is 0.196. The van der Waals surface area contributed by atoms with Crippen LogP contribution in [0.4, 0.5) is 5.69 Å². The smallest absolute Gasteiger partial charge is 0.271 e. The number of ether oxygens (including phenoxy) is 1. The minimum atomic E-state index is -0.364. The topological polar surface area (TPSA) is 79.8 Å². The Morgan fingerprint density at radius 2 is 1.91 bits per heavy atom. The third-order valence-electron chi connectivity index (χ3n) is 2.92. The molecule has 0 heterocycles. The molecule has 2 N–H and O–H groups in total. The fourth-order valence-corrected chi connectivity index (χ4v) is 1.89. The number of benzene rings is 2. The van der Waals surface area contributed by atoms with E-state index in [1.807, 2.05) is 18.2 Å². The van der Waals surface area contributed by atoms with Gasteiger partial charge < -0.3 is 10.1 Å². The first-order valence-electron chi connectivity index (χ1n) is 6.93. The molecular weight excluding hydrogens is 294 g/mol. The first kappa shape index (κ1) is 16.2. The highest BCUT2D eigenvalue weighted by Gasteiger charge is 2.05. The fourth-order valence-electron chi connectivity index (χ4n) is 1.89. The van der Waals surface area contributed by atoms with Crippen molar-refractivity contribution in [1.29, 1.82) is 0 Å². The molecule has 118 valence electrons. The van der Waals surface area contributed by atoms with Crippen LogP contribution in [0.15, 0.2) is 53.6 Å². The summed E-state index contributed by atoms with van der Waals surface area (Å²) in [5.41, 5.74) is 4.20. The average molecular weight is 311 g/mol. The zero-order chi connectivity index (χ0) is 16.7. The Morgan fingerprint density at radius 3 is 2.65 bits per heavy atom. The normalized spacial score (nSPS) is 10.3. The molecule has 23 heavy (non-hydrogen) atoms. The van der Waals surface area contributed by atoms with Gasteiger partial charge in [-0.1, -0.05) is 18.2 Å². The molecule has 2 amide bonds. The molecule has 0 atom stereocenters. The summed E-state index contributed by atoms with van der Waals surface area (Å²) in [5, 5.41) is 6.54. The van der Waals surface area contributed by atoms with Gasteiger partial charge in [0.05, 0.1) is 13.3 Å². The van der Waals surface area contributed by atoms with Crippen molar-refractivity contribution in [3.05, 3.63) is 59.7 Å². The van der Waals surface area contributed by atoms with Gasteiger partial charge in [0.1, 0.15) is 5.75 Å². The van der Waals surface area contributed by atoms with Crippen LogP contribution in [-0.2, 0) is 4.79 Å². The average Bonchev–Trinajstić information content (AvgIpc) is 2.54. The molecule has 2 aromatic carbocycles. The Labute approximate surface area is 134 Å². The lowest BCUT2D eigenvalue weighted by molar-refractivity contribution is -0.114. The molecule has 0 bridgehead atoms. The van der Waals surface area contributed by atoms with Crippen molar-refractivity contribution in [1.82, 2.24) is 5.43 Å². The van der Waals surface area contributed by atoms with Gasteiger partial charge in [0.25, 0.3) is 5.91 Å². The van der Waals surface area contributed by atoms with Crippen LogP contribution in [0.5, 0.6) is 5.75 Å². The molecule has 2 rings (SSSR count). The summed E-state index contributed by atoms with van der Waals surface area (Å²) < 4.78 is 5.11. The summed E-state index contributed by atoms with van der Waals surface area (Å²) in [6.07, 6.45) is 1.53. The number of methoxy groups -OCH3 is 1. The van der Waals surface area contributed by atoms with Gasteiger partial charge in [-0.05, 0) is 35.9 Å². The summed E-state index contributed by atoms with van der Waals surface area (Å²) in [4.78, 5) is 23.1. The number of rotatable bonds is 5. The lowest BCUT2D eigenvalue weighted by Gasteiger charge is -2.04. The summed E-state index contributed by atoms with van der Waals surface area (Å²) in [6, 6.07) is 13.9. The SMILES string of the molecule is COc1cccc(C=NNC(=O)c2cccc(NC(C)=O)c2)c1. The second-order valence-electron chi connectivity index (χ2n) is 4.74. The Hall–Kier alpha value is -3.15. The zero-order valence-corrected chi connectivity index (χ0v) is 12.9. The lowest BCUT2D eigenvalue weighted by atomic mass is 10.2. The van der Waals surface area contributed by atoms with Crippen LogP contribution in [0.1, 0.15) is 22.8 Å². The molecule has 0 saturated carbocycles. The highest BCUT2D eigenvalue weighted by molar-refractivity contribution is 5.97. The standard InChI is InChI=1S/C17H17N3O3/c1-12(21)19-15-7-4-6-14(10-15)17(22)20-18-11-13-5-3-8-16(9-13)23-2/h3-11H,1-2H3,(H,19,21)(H,20,22). The van der Waals surface area contributed by atoms with Gasteiger partial charge in [-0.2, -0.15) is 5.10 Å². The highest BCUT2D eigenvalue weighted by Crippen LogP contribution is 2.11. The van der Waals surface area contributed by atoms with Crippen LogP contribution < -0.4 is 15.5 Å². The molecule has 0 aliphatic heterocycles. The first-order chi connectivity index (χ1) is 11.1. The van der Waals surface area contributed by atoms with Gasteiger partial charge in [-0.25, -0.2) is 5.43 Å². The van der Waals surface area contributed by atoms with Crippen LogP contribution in [0.25, 0.3) is 0 Å². The second kappa shape index (κ2) is 7.74. The first-order valence-corrected chi connectivity index (χ1v) is 6.93. The molecular formula is C17H17N3O3. The van der Waals surface area contributed by atoms with E-state index in [4.69, 9.17) is 4.74 Å². The van der Waals surface area contributed by atoms with Crippen molar-refractivity contribution < 1.29 is 14.3 Å². The van der Waals surface area contributed by atoms with Crippen molar-refractivity contribution in [2.45, 2.75) is 6.92 Å². The van der Waals surface area contributed by atoms with E-state index in [1.54, 1.807) is 37.4 Å². The minimum Gasteiger partial charge on any atom is -0.497 e. The van der Waals surface area contributed by atoms with Crippen molar-refractivity contribution >= 4 is 23.7 Å². The monoisotopic (exact) mass is 311 g/mol. The van der Waals surface area contributed by atoms with E-state index < -0.39 is 0 Å². The predicted octanol–water partition coefficient (Wildman–Crippen LogP) is 2.42. The number of nitrogens with one attached hydrogen (secondary N) is 2. The Kier molecular flexibility index (Phi) is 5.46. The summed E-state index contributed by atoms with van der Waals surface area (Å²) in [6.45, 7) is 1.41. The number of hydrazone groups is 1. The third-order valence-corrected chi connectivity index (χ3v) is 2.92. The van der Waals surface area contributed by atoms with E-state index in [0.717, 1.165) is 5.56 Å². The lowest BCUT2D eigenvalue weighted by Crippen LogP contribution is -2.18. The Bertz CT molecular complexity index is 741. The van der Waals surface area contributed by atoms with Crippen LogP contribution in [0, 0.1) is 0 Å². The van der Waals surface area contributed by atoms with Crippen LogP contribution in [0.2, 0.25) is 0 Å². The van der Waals surface area contributed by atoms with Crippen molar-refractivity contribution in [2.75, 3.05) is 12.4 Å². The molecule has 0 unspecified atom stereocenters. The molecule has 6 heteroatoms. The number of hydrogen-bond acceptors (Lipinski definition) is 4. The van der Waals surface area contributed by atoms with E-state index in [9.17, 15) is 9.59 Å².